The lowest BCUT2D eigenvalue weighted by atomic mass is 10.1. The largest absolute Gasteiger partial charge is 0.347 e. The van der Waals surface area contributed by atoms with Gasteiger partial charge in [0.25, 0.3) is 11.8 Å². The maximum absolute atomic E-state index is 12.5. The first kappa shape index (κ1) is 19.6. The number of carbonyl (C=O) groups excluding carboxylic acids is 2. The second-order valence-corrected chi connectivity index (χ2v) is 6.86. The number of rotatable bonds is 5. The van der Waals surface area contributed by atoms with Crippen molar-refractivity contribution in [3.8, 4) is 0 Å². The van der Waals surface area contributed by atoms with Crippen LogP contribution in [0.5, 0.6) is 0 Å². The van der Waals surface area contributed by atoms with Gasteiger partial charge in [-0.3, -0.25) is 14.6 Å². The van der Waals surface area contributed by atoms with Crippen molar-refractivity contribution in [3.63, 3.8) is 0 Å². The number of benzene rings is 2. The van der Waals surface area contributed by atoms with Crippen molar-refractivity contribution in [2.24, 2.45) is 0 Å². The molecule has 1 heterocycles. The topological polar surface area (TPSA) is 71.1 Å². The fraction of sp³-hybridized carbons (Fsp3) is 0.136. The van der Waals surface area contributed by atoms with E-state index in [-0.39, 0.29) is 17.5 Å². The third-order valence-corrected chi connectivity index (χ3v) is 4.79. The molecule has 0 saturated heterocycles. The fourth-order valence-electron chi connectivity index (χ4n) is 2.64. The summed E-state index contributed by atoms with van der Waals surface area (Å²) in [7, 11) is 0. The molecule has 0 spiro atoms. The number of nitrogens with one attached hydrogen (secondary N) is 2. The Morgan fingerprint density at radius 3 is 2.50 bits per heavy atom. The van der Waals surface area contributed by atoms with E-state index in [9.17, 15) is 9.59 Å². The van der Waals surface area contributed by atoms with Crippen LogP contribution in [0.2, 0.25) is 5.02 Å². The zero-order valence-corrected chi connectivity index (χ0v) is 16.4. The summed E-state index contributed by atoms with van der Waals surface area (Å²) in [5.74, 6) is -0.674. The lowest BCUT2D eigenvalue weighted by Gasteiger charge is -2.09. The molecule has 3 aromatic rings. The number of pyridine rings is 1. The van der Waals surface area contributed by atoms with Gasteiger partial charge in [-0.15, -0.1) is 0 Å². The summed E-state index contributed by atoms with van der Waals surface area (Å²) in [6, 6.07) is 16.1. The highest BCUT2D eigenvalue weighted by molar-refractivity contribution is 6.31. The van der Waals surface area contributed by atoms with Gasteiger partial charge in [0.1, 0.15) is 5.69 Å². The van der Waals surface area contributed by atoms with Gasteiger partial charge in [-0.2, -0.15) is 0 Å². The van der Waals surface area contributed by atoms with Crippen LogP contribution in [0.25, 0.3) is 0 Å². The van der Waals surface area contributed by atoms with E-state index in [0.29, 0.717) is 22.8 Å². The number of nitrogens with zero attached hydrogens (tertiary/aromatic N) is 1. The Bertz CT molecular complexity index is 1030. The van der Waals surface area contributed by atoms with Gasteiger partial charge in [-0.1, -0.05) is 41.9 Å². The van der Waals surface area contributed by atoms with Crippen LogP contribution in [0.15, 0.2) is 60.8 Å². The van der Waals surface area contributed by atoms with Crippen LogP contribution in [0.4, 0.5) is 5.69 Å². The number of hydrogen-bond donors (Lipinski definition) is 2. The van der Waals surface area contributed by atoms with Crippen molar-refractivity contribution >= 4 is 29.1 Å². The molecule has 0 atom stereocenters. The minimum Gasteiger partial charge on any atom is -0.347 e. The SMILES string of the molecule is Cc1ccc(NC(=O)c2ccnc(C(=O)NCc3ccccc3C)c2)cc1Cl. The molecule has 2 N–H and O–H groups in total. The maximum Gasteiger partial charge on any atom is 0.270 e. The summed E-state index contributed by atoms with van der Waals surface area (Å²) in [4.78, 5) is 29.0. The van der Waals surface area contributed by atoms with Crippen molar-refractivity contribution in [3.05, 3.63) is 93.8 Å². The highest BCUT2D eigenvalue weighted by atomic mass is 35.5. The van der Waals surface area contributed by atoms with Crippen molar-refractivity contribution < 1.29 is 9.59 Å². The molecule has 0 saturated carbocycles. The molecule has 2 aromatic carbocycles. The Labute approximate surface area is 168 Å². The van der Waals surface area contributed by atoms with Crippen LogP contribution in [-0.2, 0) is 6.54 Å². The van der Waals surface area contributed by atoms with Gasteiger partial charge >= 0.3 is 0 Å². The average Bonchev–Trinajstić information content (AvgIpc) is 2.70. The molecule has 28 heavy (non-hydrogen) atoms. The molecule has 0 aliphatic heterocycles. The van der Waals surface area contributed by atoms with Gasteiger partial charge in [0.15, 0.2) is 0 Å². The van der Waals surface area contributed by atoms with Crippen molar-refractivity contribution in [2.75, 3.05) is 5.32 Å². The number of halogens is 1. The fourth-order valence-corrected chi connectivity index (χ4v) is 2.82. The first-order valence-corrected chi connectivity index (χ1v) is 9.18. The second kappa shape index (κ2) is 8.67. The number of anilines is 1. The minimum atomic E-state index is -0.338. The molecule has 0 fully saturated rings. The molecule has 0 bridgehead atoms. The summed E-state index contributed by atoms with van der Waals surface area (Å²) in [6.45, 7) is 4.27. The number of hydrogen-bond acceptors (Lipinski definition) is 3. The van der Waals surface area contributed by atoms with Gasteiger partial charge < -0.3 is 10.6 Å². The zero-order chi connectivity index (χ0) is 20.1. The number of aryl methyl sites for hydroxylation is 2. The number of aromatic nitrogens is 1. The summed E-state index contributed by atoms with van der Waals surface area (Å²) in [6.07, 6.45) is 1.44. The Morgan fingerprint density at radius 2 is 1.75 bits per heavy atom. The maximum atomic E-state index is 12.5. The quantitative estimate of drug-likeness (QED) is 0.668. The lowest BCUT2D eigenvalue weighted by molar-refractivity contribution is 0.0946. The molecular formula is C22H20ClN3O2. The molecule has 142 valence electrons. The first-order valence-electron chi connectivity index (χ1n) is 8.80. The van der Waals surface area contributed by atoms with Crippen LogP contribution >= 0.6 is 11.6 Å². The Kier molecular flexibility index (Phi) is 6.06. The number of amides is 2. The zero-order valence-electron chi connectivity index (χ0n) is 15.6. The van der Waals surface area contributed by atoms with E-state index in [1.165, 1.54) is 12.3 Å². The van der Waals surface area contributed by atoms with E-state index in [0.717, 1.165) is 16.7 Å². The van der Waals surface area contributed by atoms with Gasteiger partial charge in [0, 0.05) is 29.0 Å². The summed E-state index contributed by atoms with van der Waals surface area (Å²) >= 11 is 6.09. The number of carbonyl (C=O) groups is 2. The van der Waals surface area contributed by atoms with E-state index in [4.69, 9.17) is 11.6 Å². The lowest BCUT2D eigenvalue weighted by Crippen LogP contribution is -2.24. The molecular weight excluding hydrogens is 374 g/mol. The predicted molar refractivity (Wildman–Crippen MR) is 111 cm³/mol. The highest BCUT2D eigenvalue weighted by Gasteiger charge is 2.13. The minimum absolute atomic E-state index is 0.183. The Balaban J connectivity index is 1.68. The van der Waals surface area contributed by atoms with E-state index in [2.05, 4.69) is 15.6 Å². The molecule has 0 radical (unpaired) electrons. The van der Waals surface area contributed by atoms with Crippen LogP contribution in [0.1, 0.15) is 37.5 Å². The van der Waals surface area contributed by atoms with Crippen molar-refractivity contribution in [2.45, 2.75) is 20.4 Å². The highest BCUT2D eigenvalue weighted by Crippen LogP contribution is 2.20. The van der Waals surface area contributed by atoms with E-state index in [1.807, 2.05) is 44.2 Å². The monoisotopic (exact) mass is 393 g/mol. The second-order valence-electron chi connectivity index (χ2n) is 6.46. The van der Waals surface area contributed by atoms with Gasteiger partial charge in [0.05, 0.1) is 0 Å². The molecule has 1 aromatic heterocycles. The van der Waals surface area contributed by atoms with Crippen LogP contribution in [-0.4, -0.2) is 16.8 Å². The standard InChI is InChI=1S/C22H20ClN3O2/c1-14-5-3-4-6-17(14)13-25-22(28)20-11-16(9-10-24-20)21(27)26-18-8-7-15(2)19(23)12-18/h3-12H,13H2,1-2H3,(H,25,28)(H,26,27). The smallest absolute Gasteiger partial charge is 0.270 e. The summed E-state index contributed by atoms with van der Waals surface area (Å²) in [5.41, 5.74) is 4.16. The van der Waals surface area contributed by atoms with Crippen LogP contribution in [0, 0.1) is 13.8 Å². The normalized spacial score (nSPS) is 10.4. The van der Waals surface area contributed by atoms with Crippen LogP contribution < -0.4 is 10.6 Å². The van der Waals surface area contributed by atoms with Crippen molar-refractivity contribution in [1.29, 1.82) is 0 Å². The van der Waals surface area contributed by atoms with E-state index >= 15 is 0 Å². The van der Waals surface area contributed by atoms with Gasteiger partial charge in [-0.25, -0.2) is 0 Å². The molecule has 2 amide bonds. The third kappa shape index (κ3) is 4.75. The molecule has 0 aliphatic carbocycles. The molecule has 6 heteroatoms. The molecule has 3 rings (SSSR count). The van der Waals surface area contributed by atoms with E-state index in [1.54, 1.807) is 18.2 Å². The van der Waals surface area contributed by atoms with Gasteiger partial charge in [-0.05, 0) is 54.8 Å². The van der Waals surface area contributed by atoms with E-state index < -0.39 is 0 Å². The molecule has 0 unspecified atom stereocenters. The van der Waals surface area contributed by atoms with Crippen molar-refractivity contribution in [1.82, 2.24) is 10.3 Å². The van der Waals surface area contributed by atoms with Gasteiger partial charge in [0.2, 0.25) is 0 Å². The average molecular weight is 394 g/mol. The third-order valence-electron chi connectivity index (χ3n) is 4.39. The first-order chi connectivity index (χ1) is 13.4. The Hall–Kier alpha value is -3.18. The Morgan fingerprint density at radius 1 is 0.964 bits per heavy atom. The summed E-state index contributed by atoms with van der Waals surface area (Å²) < 4.78 is 0. The van der Waals surface area contributed by atoms with Crippen LogP contribution in [0.3, 0.4) is 0 Å². The molecule has 0 aliphatic rings. The summed E-state index contributed by atoms with van der Waals surface area (Å²) in [5, 5.41) is 6.18. The predicted octanol–water partition coefficient (Wildman–Crippen LogP) is 4.53. The molecule has 5 nitrogen and oxygen atoms in total.